The van der Waals surface area contributed by atoms with Crippen LogP contribution < -0.4 is 10.1 Å². The van der Waals surface area contributed by atoms with Gasteiger partial charge in [-0.05, 0) is 47.0 Å². The van der Waals surface area contributed by atoms with Crippen molar-refractivity contribution in [2.24, 2.45) is 0 Å². The molecule has 3 aromatic rings. The fraction of sp³-hybridized carbons (Fsp3) is 0.261. The molecule has 27 heavy (non-hydrogen) atoms. The molecule has 0 spiro atoms. The minimum atomic E-state index is -0.771. The number of carboxylic acid groups (broad SMARTS) is 1. The molecule has 4 nitrogen and oxygen atoms in total. The lowest BCUT2D eigenvalue weighted by atomic mass is 10.1. The summed E-state index contributed by atoms with van der Waals surface area (Å²) in [6, 6.07) is 23.0. The average Bonchev–Trinajstić information content (AvgIpc) is 2.68. The number of benzene rings is 3. The maximum absolute atomic E-state index is 10.5. The van der Waals surface area contributed by atoms with Crippen molar-refractivity contribution in [1.29, 1.82) is 0 Å². The molecular formula is C23H25NO3. The Kier molecular flexibility index (Phi) is 6.83. The third kappa shape index (κ3) is 6.12. The lowest BCUT2D eigenvalue weighted by Crippen LogP contribution is -2.20. The lowest BCUT2D eigenvalue weighted by molar-refractivity contribution is -0.136. The molecule has 0 aliphatic carbocycles. The van der Waals surface area contributed by atoms with Crippen LogP contribution in [0.2, 0.25) is 0 Å². The van der Waals surface area contributed by atoms with E-state index < -0.39 is 5.97 Å². The van der Waals surface area contributed by atoms with Crippen molar-refractivity contribution in [1.82, 2.24) is 5.32 Å². The Morgan fingerprint density at radius 2 is 1.59 bits per heavy atom. The van der Waals surface area contributed by atoms with Crippen LogP contribution >= 0.6 is 0 Å². The smallest absolute Gasteiger partial charge is 0.304 e. The van der Waals surface area contributed by atoms with Crippen molar-refractivity contribution in [2.75, 3.05) is 19.7 Å². The summed E-state index contributed by atoms with van der Waals surface area (Å²) >= 11 is 0. The molecule has 0 aliphatic rings. The van der Waals surface area contributed by atoms with Gasteiger partial charge in [0.05, 0.1) is 13.0 Å². The van der Waals surface area contributed by atoms with Gasteiger partial charge in [-0.2, -0.15) is 0 Å². The fourth-order valence-corrected chi connectivity index (χ4v) is 2.99. The summed E-state index contributed by atoms with van der Waals surface area (Å²) in [7, 11) is 0. The van der Waals surface area contributed by atoms with E-state index in [1.54, 1.807) is 0 Å². The fourth-order valence-electron chi connectivity index (χ4n) is 2.99. The van der Waals surface area contributed by atoms with E-state index >= 15 is 0 Å². The third-order valence-electron chi connectivity index (χ3n) is 4.50. The molecule has 2 N–H and O–H groups in total. The predicted molar refractivity (Wildman–Crippen MR) is 108 cm³/mol. The van der Waals surface area contributed by atoms with E-state index in [2.05, 4.69) is 59.9 Å². The zero-order valence-electron chi connectivity index (χ0n) is 15.4. The van der Waals surface area contributed by atoms with Crippen LogP contribution in [-0.2, 0) is 17.6 Å². The van der Waals surface area contributed by atoms with E-state index in [-0.39, 0.29) is 6.42 Å². The molecule has 0 aromatic heterocycles. The van der Waals surface area contributed by atoms with Crippen LogP contribution in [0.3, 0.4) is 0 Å². The number of ether oxygens (including phenoxy) is 1. The van der Waals surface area contributed by atoms with Gasteiger partial charge in [0.2, 0.25) is 0 Å². The monoisotopic (exact) mass is 363 g/mol. The minimum Gasteiger partial charge on any atom is -0.493 e. The Morgan fingerprint density at radius 1 is 0.852 bits per heavy atom. The van der Waals surface area contributed by atoms with Crippen LogP contribution in [0.15, 0.2) is 66.7 Å². The summed E-state index contributed by atoms with van der Waals surface area (Å²) in [5.74, 6) is 0.103. The van der Waals surface area contributed by atoms with E-state index in [9.17, 15) is 4.79 Å². The molecule has 0 saturated carbocycles. The summed E-state index contributed by atoms with van der Waals surface area (Å²) in [5, 5.41) is 14.2. The van der Waals surface area contributed by atoms with Gasteiger partial charge in [0, 0.05) is 13.0 Å². The molecule has 140 valence electrons. The van der Waals surface area contributed by atoms with Gasteiger partial charge in [-0.3, -0.25) is 4.79 Å². The first-order valence-corrected chi connectivity index (χ1v) is 9.33. The van der Waals surface area contributed by atoms with Gasteiger partial charge >= 0.3 is 5.97 Å². The highest BCUT2D eigenvalue weighted by atomic mass is 16.5. The maximum Gasteiger partial charge on any atom is 0.304 e. The number of carboxylic acids is 1. The molecule has 0 bridgehead atoms. The molecule has 3 aromatic carbocycles. The van der Waals surface area contributed by atoms with Gasteiger partial charge in [-0.15, -0.1) is 0 Å². The van der Waals surface area contributed by atoms with E-state index in [4.69, 9.17) is 9.84 Å². The molecule has 0 radical (unpaired) electrons. The normalized spacial score (nSPS) is 10.8. The summed E-state index contributed by atoms with van der Waals surface area (Å²) < 4.78 is 5.87. The summed E-state index contributed by atoms with van der Waals surface area (Å²) in [4.78, 5) is 10.5. The molecule has 4 heteroatoms. The second-order valence-electron chi connectivity index (χ2n) is 6.57. The highest BCUT2D eigenvalue weighted by molar-refractivity contribution is 5.82. The zero-order valence-corrected chi connectivity index (χ0v) is 15.4. The molecule has 0 unspecified atom stereocenters. The Hall–Kier alpha value is -2.85. The molecule has 0 heterocycles. The van der Waals surface area contributed by atoms with Crippen LogP contribution in [0.4, 0.5) is 0 Å². The first-order valence-electron chi connectivity index (χ1n) is 9.33. The van der Waals surface area contributed by atoms with Crippen LogP contribution in [0.5, 0.6) is 5.75 Å². The predicted octanol–water partition coefficient (Wildman–Crippen LogP) is 4.07. The van der Waals surface area contributed by atoms with Crippen molar-refractivity contribution < 1.29 is 14.6 Å². The van der Waals surface area contributed by atoms with Crippen molar-refractivity contribution >= 4 is 16.7 Å². The minimum absolute atomic E-state index is 0.157. The number of aliphatic carboxylic acids is 1. The third-order valence-corrected chi connectivity index (χ3v) is 4.50. The highest BCUT2D eigenvalue weighted by Crippen LogP contribution is 2.17. The molecular weight excluding hydrogens is 338 g/mol. The number of carbonyl (C=O) groups is 1. The largest absolute Gasteiger partial charge is 0.493 e. The van der Waals surface area contributed by atoms with Gasteiger partial charge in [-0.1, -0.05) is 54.6 Å². The van der Waals surface area contributed by atoms with Crippen LogP contribution in [-0.4, -0.2) is 30.8 Å². The van der Waals surface area contributed by atoms with Gasteiger partial charge in [0.25, 0.3) is 0 Å². The van der Waals surface area contributed by atoms with Gasteiger partial charge in [0.1, 0.15) is 5.75 Å². The number of hydrogen-bond donors (Lipinski definition) is 2. The second kappa shape index (κ2) is 9.74. The maximum atomic E-state index is 10.5. The molecule has 0 saturated heterocycles. The number of fused-ring (bicyclic) bond motifs is 1. The quantitative estimate of drug-likeness (QED) is 0.533. The van der Waals surface area contributed by atoms with Crippen molar-refractivity contribution in [3.8, 4) is 5.75 Å². The Bertz CT molecular complexity index is 874. The standard InChI is InChI=1S/C23H25NO3/c25-23(26)12-15-24-14-11-18-6-9-22(10-7-18)27-16-13-19-5-8-20-3-1-2-4-21(20)17-19/h1-10,17,24H,11-16H2,(H,25,26). The highest BCUT2D eigenvalue weighted by Gasteiger charge is 2.00. The second-order valence-corrected chi connectivity index (χ2v) is 6.57. The van der Waals surface area contributed by atoms with E-state index in [1.165, 1.54) is 21.9 Å². The Balaban J connectivity index is 1.41. The van der Waals surface area contributed by atoms with Crippen molar-refractivity contribution in [3.05, 3.63) is 77.9 Å². The first kappa shape index (κ1) is 18.9. The van der Waals surface area contributed by atoms with Crippen molar-refractivity contribution in [3.63, 3.8) is 0 Å². The van der Waals surface area contributed by atoms with Gasteiger partial charge < -0.3 is 15.2 Å². The lowest BCUT2D eigenvalue weighted by Gasteiger charge is -2.08. The van der Waals surface area contributed by atoms with E-state index in [0.717, 1.165) is 25.1 Å². The molecule has 0 fully saturated rings. The number of hydrogen-bond acceptors (Lipinski definition) is 3. The van der Waals surface area contributed by atoms with Crippen LogP contribution in [0.1, 0.15) is 17.5 Å². The Morgan fingerprint density at radius 3 is 2.37 bits per heavy atom. The topological polar surface area (TPSA) is 58.6 Å². The zero-order chi connectivity index (χ0) is 18.9. The van der Waals surface area contributed by atoms with Gasteiger partial charge in [-0.25, -0.2) is 0 Å². The van der Waals surface area contributed by atoms with E-state index in [0.29, 0.717) is 13.2 Å². The molecule has 3 rings (SSSR count). The van der Waals surface area contributed by atoms with Crippen molar-refractivity contribution in [2.45, 2.75) is 19.3 Å². The first-order chi connectivity index (χ1) is 13.2. The summed E-state index contributed by atoms with van der Waals surface area (Å²) in [6.45, 7) is 1.93. The molecule has 0 atom stereocenters. The summed E-state index contributed by atoms with van der Waals surface area (Å²) in [5.41, 5.74) is 2.48. The average molecular weight is 363 g/mol. The van der Waals surface area contributed by atoms with Crippen LogP contribution in [0.25, 0.3) is 10.8 Å². The molecule has 0 amide bonds. The number of rotatable bonds is 10. The van der Waals surface area contributed by atoms with E-state index in [1.807, 2.05) is 12.1 Å². The Labute approximate surface area is 159 Å². The molecule has 0 aliphatic heterocycles. The van der Waals surface area contributed by atoms with Gasteiger partial charge in [0.15, 0.2) is 0 Å². The van der Waals surface area contributed by atoms with Crippen LogP contribution in [0, 0.1) is 0 Å². The summed E-state index contributed by atoms with van der Waals surface area (Å²) in [6.07, 6.45) is 1.90. The SMILES string of the molecule is O=C(O)CCNCCc1ccc(OCCc2ccc3ccccc3c2)cc1. The number of nitrogens with one attached hydrogen (secondary N) is 1.